The highest BCUT2D eigenvalue weighted by Gasteiger charge is 2.19. The minimum atomic E-state index is -0.213. The first-order chi connectivity index (χ1) is 10.3. The minimum absolute atomic E-state index is 0.213. The van der Waals surface area contributed by atoms with Gasteiger partial charge >= 0.3 is 0 Å². The maximum absolute atomic E-state index is 14.4. The molecule has 1 fully saturated rings. The van der Waals surface area contributed by atoms with Crippen LogP contribution in [0, 0.1) is 5.82 Å². The molecule has 0 amide bonds. The van der Waals surface area contributed by atoms with Crippen LogP contribution in [0.2, 0.25) is 0 Å². The highest BCUT2D eigenvalue weighted by molar-refractivity contribution is 5.79. The molecule has 21 heavy (non-hydrogen) atoms. The average molecular weight is 287 g/mol. The van der Waals surface area contributed by atoms with Crippen molar-refractivity contribution < 1.29 is 9.13 Å². The molecule has 1 aliphatic carbocycles. The first kappa shape index (κ1) is 13.0. The molecule has 2 aromatic rings. The number of benzene rings is 1. The zero-order valence-electron chi connectivity index (χ0n) is 11.9. The molecule has 1 aromatic carbocycles. The maximum atomic E-state index is 14.4. The van der Waals surface area contributed by atoms with Crippen LogP contribution in [0.5, 0.6) is 0 Å². The topological polar surface area (TPSA) is 38.2 Å². The van der Waals surface area contributed by atoms with Gasteiger partial charge in [0.2, 0.25) is 0 Å². The lowest BCUT2D eigenvalue weighted by Crippen LogP contribution is -2.36. The monoisotopic (exact) mass is 287 g/mol. The first-order valence-electron chi connectivity index (χ1n) is 7.63. The molecule has 4 rings (SSSR count). The Kier molecular flexibility index (Phi) is 3.22. The van der Waals surface area contributed by atoms with Crippen LogP contribution in [-0.2, 0) is 17.6 Å². The number of hydrogen-bond donors (Lipinski definition) is 0. The van der Waals surface area contributed by atoms with E-state index in [4.69, 9.17) is 9.72 Å². The van der Waals surface area contributed by atoms with Gasteiger partial charge in [-0.05, 0) is 31.7 Å². The fourth-order valence-corrected chi connectivity index (χ4v) is 3.17. The molecule has 110 valence electrons. The summed E-state index contributed by atoms with van der Waals surface area (Å²) < 4.78 is 19.7. The van der Waals surface area contributed by atoms with Gasteiger partial charge in [0.15, 0.2) is 0 Å². The van der Waals surface area contributed by atoms with E-state index >= 15 is 0 Å². The van der Waals surface area contributed by atoms with E-state index in [1.165, 1.54) is 12.5 Å². The number of hydrogen-bond acceptors (Lipinski definition) is 4. The number of halogens is 1. The first-order valence-corrected chi connectivity index (χ1v) is 7.63. The van der Waals surface area contributed by atoms with Gasteiger partial charge in [0.25, 0.3) is 0 Å². The second-order valence-electron chi connectivity index (χ2n) is 5.72. The number of fused-ring (bicyclic) bond motifs is 2. The van der Waals surface area contributed by atoms with Crippen LogP contribution in [0.25, 0.3) is 11.0 Å². The Morgan fingerprint density at radius 2 is 1.57 bits per heavy atom. The fraction of sp³-hybridized carbons (Fsp3) is 0.500. The van der Waals surface area contributed by atoms with Crippen molar-refractivity contribution in [3.05, 3.63) is 29.3 Å². The highest BCUT2D eigenvalue weighted by Crippen LogP contribution is 2.27. The number of aromatic nitrogens is 2. The average Bonchev–Trinajstić information content (AvgIpc) is 2.53. The van der Waals surface area contributed by atoms with Crippen molar-refractivity contribution in [2.75, 3.05) is 31.2 Å². The van der Waals surface area contributed by atoms with Crippen LogP contribution in [0.1, 0.15) is 24.2 Å². The Morgan fingerprint density at radius 3 is 2.24 bits per heavy atom. The van der Waals surface area contributed by atoms with Gasteiger partial charge in [-0.15, -0.1) is 0 Å². The molecule has 2 heterocycles. The molecule has 0 radical (unpaired) electrons. The summed E-state index contributed by atoms with van der Waals surface area (Å²) in [4.78, 5) is 11.4. The van der Waals surface area contributed by atoms with Crippen LogP contribution in [-0.4, -0.2) is 36.3 Å². The predicted octanol–water partition coefficient (Wildman–Crippen LogP) is 2.48. The van der Waals surface area contributed by atoms with Crippen LogP contribution in [0.3, 0.4) is 0 Å². The second-order valence-corrected chi connectivity index (χ2v) is 5.72. The number of morpholine rings is 1. The predicted molar refractivity (Wildman–Crippen MR) is 79.2 cm³/mol. The SMILES string of the molecule is Fc1cc2nc3c(nc2cc1N1CCOCC1)CCCC3. The van der Waals surface area contributed by atoms with Gasteiger partial charge in [-0.1, -0.05) is 0 Å². The lowest BCUT2D eigenvalue weighted by atomic mass is 10.00. The molecule has 2 aliphatic rings. The van der Waals surface area contributed by atoms with Gasteiger partial charge in [-0.2, -0.15) is 0 Å². The van der Waals surface area contributed by atoms with Crippen LogP contribution >= 0.6 is 0 Å². The number of rotatable bonds is 1. The number of aryl methyl sites for hydroxylation is 2. The van der Waals surface area contributed by atoms with Crippen molar-refractivity contribution in [3.8, 4) is 0 Å². The molecule has 4 nitrogen and oxygen atoms in total. The van der Waals surface area contributed by atoms with E-state index in [1.54, 1.807) is 0 Å². The lowest BCUT2D eigenvalue weighted by Gasteiger charge is -2.29. The van der Waals surface area contributed by atoms with Gasteiger partial charge in [0, 0.05) is 19.2 Å². The summed E-state index contributed by atoms with van der Waals surface area (Å²) in [6, 6.07) is 3.37. The van der Waals surface area contributed by atoms with Crippen molar-refractivity contribution in [3.63, 3.8) is 0 Å². The van der Waals surface area contributed by atoms with Crippen molar-refractivity contribution >= 4 is 16.7 Å². The zero-order valence-corrected chi connectivity index (χ0v) is 11.9. The van der Waals surface area contributed by atoms with E-state index in [9.17, 15) is 4.39 Å². The summed E-state index contributed by atoms with van der Waals surface area (Å²) >= 11 is 0. The lowest BCUT2D eigenvalue weighted by molar-refractivity contribution is 0.122. The summed E-state index contributed by atoms with van der Waals surface area (Å²) in [6.07, 6.45) is 4.28. The summed E-state index contributed by atoms with van der Waals surface area (Å²) in [6.45, 7) is 2.74. The molecule has 1 aliphatic heterocycles. The third kappa shape index (κ3) is 2.35. The molecular weight excluding hydrogens is 269 g/mol. The smallest absolute Gasteiger partial charge is 0.148 e. The zero-order chi connectivity index (χ0) is 14.2. The largest absolute Gasteiger partial charge is 0.378 e. The second kappa shape index (κ2) is 5.22. The maximum Gasteiger partial charge on any atom is 0.148 e. The number of anilines is 1. The van der Waals surface area contributed by atoms with E-state index < -0.39 is 0 Å². The normalized spacial score (nSPS) is 18.8. The quantitative estimate of drug-likeness (QED) is 0.807. The molecule has 0 atom stereocenters. The molecule has 0 unspecified atom stereocenters. The van der Waals surface area contributed by atoms with Gasteiger partial charge < -0.3 is 9.64 Å². The number of ether oxygens (including phenoxy) is 1. The van der Waals surface area contributed by atoms with Crippen molar-refractivity contribution in [1.82, 2.24) is 9.97 Å². The van der Waals surface area contributed by atoms with Crippen molar-refractivity contribution in [2.45, 2.75) is 25.7 Å². The van der Waals surface area contributed by atoms with Crippen LogP contribution < -0.4 is 4.90 Å². The highest BCUT2D eigenvalue weighted by atomic mass is 19.1. The molecule has 0 spiro atoms. The fourth-order valence-electron chi connectivity index (χ4n) is 3.17. The van der Waals surface area contributed by atoms with E-state index in [0.717, 1.165) is 49.3 Å². The molecule has 0 N–H and O–H groups in total. The van der Waals surface area contributed by atoms with Crippen LogP contribution in [0.15, 0.2) is 12.1 Å². The molecule has 0 bridgehead atoms. The summed E-state index contributed by atoms with van der Waals surface area (Å²) in [5, 5.41) is 0. The molecule has 1 saturated heterocycles. The van der Waals surface area contributed by atoms with Gasteiger partial charge in [-0.3, -0.25) is 0 Å². The minimum Gasteiger partial charge on any atom is -0.378 e. The molecular formula is C16H18FN3O. The van der Waals surface area contributed by atoms with E-state index in [2.05, 4.69) is 4.98 Å². The van der Waals surface area contributed by atoms with E-state index in [0.29, 0.717) is 24.4 Å². The van der Waals surface area contributed by atoms with Crippen molar-refractivity contribution in [2.24, 2.45) is 0 Å². The third-order valence-corrected chi connectivity index (χ3v) is 4.32. The van der Waals surface area contributed by atoms with E-state index in [-0.39, 0.29) is 5.82 Å². The molecule has 5 heteroatoms. The standard InChI is InChI=1S/C16H18FN3O/c17-11-9-14-15(10-16(11)20-5-7-21-8-6-20)19-13-4-2-1-3-12(13)18-14/h9-10H,1-8H2. The Balaban J connectivity index is 1.80. The summed E-state index contributed by atoms with van der Waals surface area (Å²) in [5.41, 5.74) is 4.24. The Labute approximate surface area is 122 Å². The molecule has 0 saturated carbocycles. The summed E-state index contributed by atoms with van der Waals surface area (Å²) in [5.74, 6) is -0.213. The number of nitrogens with zero attached hydrogens (tertiary/aromatic N) is 3. The van der Waals surface area contributed by atoms with Gasteiger partial charge in [-0.25, -0.2) is 14.4 Å². The van der Waals surface area contributed by atoms with Crippen molar-refractivity contribution in [1.29, 1.82) is 0 Å². The summed E-state index contributed by atoms with van der Waals surface area (Å²) in [7, 11) is 0. The molecule has 1 aromatic heterocycles. The van der Waals surface area contributed by atoms with Gasteiger partial charge in [0.1, 0.15) is 5.82 Å². The van der Waals surface area contributed by atoms with E-state index in [1.807, 2.05) is 11.0 Å². The Bertz CT molecular complexity index is 683. The Hall–Kier alpha value is -1.75. The third-order valence-electron chi connectivity index (χ3n) is 4.32. The Morgan fingerprint density at radius 1 is 0.952 bits per heavy atom. The van der Waals surface area contributed by atoms with Crippen LogP contribution in [0.4, 0.5) is 10.1 Å². The van der Waals surface area contributed by atoms with Gasteiger partial charge in [0.05, 0.1) is 41.3 Å².